The van der Waals surface area contributed by atoms with Gasteiger partial charge in [0, 0.05) is 23.8 Å². The van der Waals surface area contributed by atoms with Gasteiger partial charge in [-0.2, -0.15) is 0 Å². The van der Waals surface area contributed by atoms with Crippen LogP contribution in [-0.4, -0.2) is 32.1 Å². The quantitative estimate of drug-likeness (QED) is 0.170. The van der Waals surface area contributed by atoms with Gasteiger partial charge in [0.05, 0.1) is 31.7 Å². The monoisotopic (exact) mass is 566 g/mol. The number of nitrogens with one attached hydrogen (secondary N) is 2. The highest BCUT2D eigenvalue weighted by Crippen LogP contribution is 2.37. The molecule has 0 fully saturated rings. The van der Waals surface area contributed by atoms with Gasteiger partial charge in [0.1, 0.15) is 18.1 Å². The first kappa shape index (κ1) is 29.7. The molecule has 0 saturated heterocycles. The Hall–Kier alpha value is -5.24. The van der Waals surface area contributed by atoms with E-state index in [-0.39, 0.29) is 11.8 Å². The fourth-order valence-electron chi connectivity index (χ4n) is 4.08. The minimum absolute atomic E-state index is 0.286. The van der Waals surface area contributed by atoms with E-state index in [0.29, 0.717) is 59.8 Å². The number of carbonyl (C=O) groups is 2. The van der Waals surface area contributed by atoms with Crippen molar-refractivity contribution in [1.82, 2.24) is 0 Å². The molecule has 8 nitrogen and oxygen atoms in total. The smallest absolute Gasteiger partial charge is 0.255 e. The van der Waals surface area contributed by atoms with E-state index < -0.39 is 0 Å². The number of ether oxygens (including phenoxy) is 4. The van der Waals surface area contributed by atoms with Crippen molar-refractivity contribution in [2.75, 3.05) is 31.0 Å². The van der Waals surface area contributed by atoms with Gasteiger partial charge < -0.3 is 29.6 Å². The van der Waals surface area contributed by atoms with E-state index in [1.165, 1.54) is 6.08 Å². The average Bonchev–Trinajstić information content (AvgIpc) is 3.02. The second-order valence-electron chi connectivity index (χ2n) is 9.04. The Morgan fingerprint density at radius 1 is 0.690 bits per heavy atom. The van der Waals surface area contributed by atoms with Crippen LogP contribution in [0.2, 0.25) is 0 Å². The summed E-state index contributed by atoms with van der Waals surface area (Å²) in [6.07, 6.45) is 3.09. The molecule has 216 valence electrons. The maximum absolute atomic E-state index is 12.9. The fraction of sp³-hybridized carbons (Fsp3) is 0.176. The Morgan fingerprint density at radius 3 is 1.93 bits per heavy atom. The van der Waals surface area contributed by atoms with Crippen molar-refractivity contribution >= 4 is 29.3 Å². The van der Waals surface area contributed by atoms with E-state index in [4.69, 9.17) is 18.9 Å². The van der Waals surface area contributed by atoms with E-state index in [0.717, 1.165) is 11.1 Å². The maximum atomic E-state index is 12.9. The number of methoxy groups -OCH3 is 1. The minimum Gasteiger partial charge on any atom is -0.493 e. The second kappa shape index (κ2) is 14.9. The van der Waals surface area contributed by atoms with Crippen LogP contribution in [0.25, 0.3) is 6.08 Å². The highest BCUT2D eigenvalue weighted by molar-refractivity contribution is 6.06. The maximum Gasteiger partial charge on any atom is 0.255 e. The number of hydrogen-bond donors (Lipinski definition) is 2. The molecule has 0 aliphatic carbocycles. The Balaban J connectivity index is 1.48. The summed E-state index contributed by atoms with van der Waals surface area (Å²) in [6, 6.07) is 27.5. The van der Waals surface area contributed by atoms with Gasteiger partial charge in [-0.25, -0.2) is 0 Å². The van der Waals surface area contributed by atoms with E-state index in [2.05, 4.69) is 10.6 Å². The molecule has 4 rings (SSSR count). The summed E-state index contributed by atoms with van der Waals surface area (Å²) in [5.41, 5.74) is 3.16. The summed E-state index contributed by atoms with van der Waals surface area (Å²) in [6.45, 7) is 4.81. The number of benzene rings is 4. The zero-order valence-corrected chi connectivity index (χ0v) is 23.9. The van der Waals surface area contributed by atoms with Crippen LogP contribution in [0, 0.1) is 0 Å². The van der Waals surface area contributed by atoms with E-state index in [1.54, 1.807) is 55.7 Å². The molecule has 0 aliphatic rings. The molecule has 0 spiro atoms. The molecule has 4 aromatic rings. The lowest BCUT2D eigenvalue weighted by atomic mass is 10.1. The van der Waals surface area contributed by atoms with Crippen LogP contribution in [0.1, 0.15) is 35.3 Å². The summed E-state index contributed by atoms with van der Waals surface area (Å²) >= 11 is 0. The van der Waals surface area contributed by atoms with Crippen LogP contribution in [-0.2, 0) is 11.4 Å². The standard InChI is InChI=1S/C34H34N2O6/c1-4-40-30-22-28(36-34(38)26-14-10-7-11-15-26)31(41-5-2)21-27(30)35-33(37)19-17-24-16-18-29(32(20-24)39-3)42-23-25-12-8-6-9-13-25/h6-22H,4-5,23H2,1-3H3,(H,35,37)(H,36,38)/b19-17+. The third-order valence-electron chi connectivity index (χ3n) is 6.08. The number of amides is 2. The second-order valence-corrected chi connectivity index (χ2v) is 9.04. The van der Waals surface area contributed by atoms with Crippen molar-refractivity contribution in [3.05, 3.63) is 114 Å². The normalized spacial score (nSPS) is 10.6. The van der Waals surface area contributed by atoms with Crippen LogP contribution in [0.3, 0.4) is 0 Å². The van der Waals surface area contributed by atoms with Gasteiger partial charge in [-0.1, -0.05) is 54.6 Å². The van der Waals surface area contributed by atoms with Crippen molar-refractivity contribution in [1.29, 1.82) is 0 Å². The number of carbonyl (C=O) groups excluding carboxylic acids is 2. The number of hydrogen-bond acceptors (Lipinski definition) is 6. The first-order chi connectivity index (χ1) is 20.5. The first-order valence-electron chi connectivity index (χ1n) is 13.6. The van der Waals surface area contributed by atoms with Crippen LogP contribution in [0.4, 0.5) is 11.4 Å². The Morgan fingerprint density at radius 2 is 1.31 bits per heavy atom. The molecule has 8 heteroatoms. The first-order valence-corrected chi connectivity index (χ1v) is 13.6. The van der Waals surface area contributed by atoms with Gasteiger partial charge in [0.25, 0.3) is 5.91 Å². The van der Waals surface area contributed by atoms with Crippen molar-refractivity contribution in [3.8, 4) is 23.0 Å². The third kappa shape index (κ3) is 8.14. The molecule has 0 aliphatic heterocycles. The molecule has 0 atom stereocenters. The Labute approximate surface area is 245 Å². The highest BCUT2D eigenvalue weighted by Gasteiger charge is 2.16. The van der Waals surface area contributed by atoms with E-state index >= 15 is 0 Å². The minimum atomic E-state index is -0.372. The van der Waals surface area contributed by atoms with Gasteiger partial charge in [0.15, 0.2) is 11.5 Å². The molecule has 0 saturated carbocycles. The zero-order valence-electron chi connectivity index (χ0n) is 23.9. The topological polar surface area (TPSA) is 95.1 Å². The van der Waals surface area contributed by atoms with E-state index in [1.807, 2.05) is 62.4 Å². The summed E-state index contributed by atoms with van der Waals surface area (Å²) < 4.78 is 23.0. The van der Waals surface area contributed by atoms with Gasteiger partial charge in [-0.05, 0) is 55.3 Å². The average molecular weight is 567 g/mol. The van der Waals surface area contributed by atoms with Crippen LogP contribution in [0.5, 0.6) is 23.0 Å². The summed E-state index contributed by atoms with van der Waals surface area (Å²) in [7, 11) is 1.57. The van der Waals surface area contributed by atoms with Crippen molar-refractivity contribution in [2.45, 2.75) is 20.5 Å². The molecule has 0 aromatic heterocycles. The number of anilines is 2. The SMILES string of the molecule is CCOc1cc(NC(=O)c2ccccc2)c(OCC)cc1NC(=O)/C=C/c1ccc(OCc2ccccc2)c(OC)c1. The Bertz CT molecular complexity index is 1520. The molecule has 4 aromatic carbocycles. The van der Waals surface area contributed by atoms with Gasteiger partial charge in [-0.3, -0.25) is 9.59 Å². The molecular formula is C34H34N2O6. The predicted octanol–water partition coefficient (Wildman–Crippen LogP) is 6.98. The largest absolute Gasteiger partial charge is 0.493 e. The summed E-state index contributed by atoms with van der Waals surface area (Å²) in [5.74, 6) is 1.30. The predicted molar refractivity (Wildman–Crippen MR) is 165 cm³/mol. The molecule has 0 bridgehead atoms. The lowest BCUT2D eigenvalue weighted by Gasteiger charge is -2.17. The van der Waals surface area contributed by atoms with Gasteiger partial charge >= 0.3 is 0 Å². The summed E-state index contributed by atoms with van der Waals surface area (Å²) in [4.78, 5) is 25.7. The highest BCUT2D eigenvalue weighted by atomic mass is 16.5. The lowest BCUT2D eigenvalue weighted by molar-refractivity contribution is -0.111. The number of rotatable bonds is 13. The molecule has 0 radical (unpaired) electrons. The van der Waals surface area contributed by atoms with Gasteiger partial charge in [0.2, 0.25) is 5.91 Å². The summed E-state index contributed by atoms with van der Waals surface area (Å²) in [5, 5.41) is 5.73. The van der Waals surface area contributed by atoms with Crippen LogP contribution < -0.4 is 29.6 Å². The molecule has 42 heavy (non-hydrogen) atoms. The Kier molecular flexibility index (Phi) is 10.6. The molecule has 0 heterocycles. The molecule has 0 unspecified atom stereocenters. The van der Waals surface area contributed by atoms with Crippen molar-refractivity contribution in [3.63, 3.8) is 0 Å². The molecule has 2 N–H and O–H groups in total. The molecular weight excluding hydrogens is 532 g/mol. The van der Waals surface area contributed by atoms with Crippen LogP contribution >= 0.6 is 0 Å². The third-order valence-corrected chi connectivity index (χ3v) is 6.08. The van der Waals surface area contributed by atoms with E-state index in [9.17, 15) is 9.59 Å². The van der Waals surface area contributed by atoms with Crippen molar-refractivity contribution < 1.29 is 28.5 Å². The van der Waals surface area contributed by atoms with Crippen molar-refractivity contribution in [2.24, 2.45) is 0 Å². The lowest BCUT2D eigenvalue weighted by Crippen LogP contribution is -2.14. The van der Waals surface area contributed by atoms with Crippen LogP contribution in [0.15, 0.2) is 97.1 Å². The molecule has 2 amide bonds. The van der Waals surface area contributed by atoms with Gasteiger partial charge in [-0.15, -0.1) is 0 Å². The fourth-order valence-corrected chi connectivity index (χ4v) is 4.08. The zero-order chi connectivity index (χ0) is 29.7.